The highest BCUT2D eigenvalue weighted by Crippen LogP contribution is 2.19. The molecule has 1 heterocycles. The van der Waals surface area contributed by atoms with Crippen LogP contribution in [0, 0.1) is 10.1 Å². The fourth-order valence-electron chi connectivity index (χ4n) is 1.75. The number of hydrogen-bond acceptors (Lipinski definition) is 7. The van der Waals surface area contributed by atoms with Gasteiger partial charge >= 0.3 is 0 Å². The highest BCUT2D eigenvalue weighted by atomic mass is 32.9. The zero-order valence-electron chi connectivity index (χ0n) is 11.7. The van der Waals surface area contributed by atoms with E-state index in [0.717, 1.165) is 10.5 Å². The zero-order valence-corrected chi connectivity index (χ0v) is 13.3. The van der Waals surface area contributed by atoms with Gasteiger partial charge in [-0.3, -0.25) is 10.1 Å². The fraction of sp³-hybridized carbons (Fsp3) is 0.143. The van der Waals surface area contributed by atoms with Crippen LogP contribution in [0.1, 0.15) is 0 Å². The maximum Gasteiger partial charge on any atom is 0.269 e. The molecule has 0 saturated carbocycles. The van der Waals surface area contributed by atoms with Gasteiger partial charge in [-0.05, 0) is 22.5 Å². The molecule has 1 aromatic heterocycles. The van der Waals surface area contributed by atoms with Gasteiger partial charge in [0.25, 0.3) is 5.69 Å². The summed E-state index contributed by atoms with van der Waals surface area (Å²) in [5.41, 5.74) is 0.701. The average Bonchev–Trinajstić information content (AvgIpc) is 2.95. The molecule has 0 fully saturated rings. The van der Waals surface area contributed by atoms with Crippen molar-refractivity contribution in [2.75, 3.05) is 18.0 Å². The normalized spacial score (nSPS) is 11.2. The Morgan fingerprint density at radius 3 is 2.45 bits per heavy atom. The number of aromatic nitrogens is 1. The molecule has 0 unspecified atom stereocenters. The van der Waals surface area contributed by atoms with Gasteiger partial charge in [-0.1, -0.05) is 12.2 Å². The van der Waals surface area contributed by atoms with Gasteiger partial charge < -0.3 is 4.90 Å². The van der Waals surface area contributed by atoms with Crippen LogP contribution in [0.3, 0.4) is 0 Å². The number of rotatable bonds is 7. The van der Waals surface area contributed by atoms with E-state index in [1.54, 1.807) is 24.3 Å². The number of nitrogens with zero attached hydrogens (tertiary/aromatic N) is 4. The highest BCUT2D eigenvalue weighted by molar-refractivity contribution is 7.66. The molecule has 0 atom stereocenters. The first-order valence-electron chi connectivity index (χ1n) is 6.37. The molecule has 0 aliphatic carbocycles. The van der Waals surface area contributed by atoms with Gasteiger partial charge in [0.2, 0.25) is 0 Å². The Balaban J connectivity index is 2.36. The van der Waals surface area contributed by atoms with Crippen LogP contribution in [0.2, 0.25) is 0 Å². The number of anilines is 1. The molecule has 0 aliphatic heterocycles. The maximum atomic E-state index is 10.7. The summed E-state index contributed by atoms with van der Waals surface area (Å²) in [5, 5.41) is 10.7. The Morgan fingerprint density at radius 1 is 1.27 bits per heavy atom. The maximum absolute atomic E-state index is 10.7. The van der Waals surface area contributed by atoms with Crippen LogP contribution in [0.15, 0.2) is 54.6 Å². The van der Waals surface area contributed by atoms with Crippen LogP contribution in [0.5, 0.6) is 0 Å². The second-order valence-corrected chi connectivity index (χ2v) is 6.08. The van der Waals surface area contributed by atoms with Gasteiger partial charge in [-0.2, -0.15) is 4.37 Å². The number of nitro benzene ring substituents is 1. The largest absolute Gasteiger partial charge is 0.346 e. The van der Waals surface area contributed by atoms with Gasteiger partial charge in [-0.25, -0.2) is 4.99 Å². The summed E-state index contributed by atoms with van der Waals surface area (Å²) in [5.74, 6) is 0.771. The van der Waals surface area contributed by atoms with Crippen molar-refractivity contribution in [3.63, 3.8) is 0 Å². The molecular weight excluding hydrogens is 320 g/mol. The van der Waals surface area contributed by atoms with Crippen molar-refractivity contribution in [3.05, 3.63) is 64.4 Å². The number of hydrogen-bond donors (Lipinski definition) is 0. The monoisotopic (exact) mass is 334 g/mol. The zero-order chi connectivity index (χ0) is 15.9. The van der Waals surface area contributed by atoms with E-state index in [-0.39, 0.29) is 5.69 Å². The summed E-state index contributed by atoms with van der Waals surface area (Å²) in [6.07, 6.45) is 3.59. The third-order valence-corrected chi connectivity index (χ3v) is 4.40. The molecule has 6 nitrogen and oxygen atoms in total. The van der Waals surface area contributed by atoms with Gasteiger partial charge in [0.15, 0.2) is 10.5 Å². The van der Waals surface area contributed by atoms with Crippen molar-refractivity contribution < 1.29 is 4.92 Å². The lowest BCUT2D eigenvalue weighted by Crippen LogP contribution is -2.27. The second-order valence-electron chi connectivity index (χ2n) is 4.25. The van der Waals surface area contributed by atoms with Crippen LogP contribution in [-0.4, -0.2) is 22.4 Å². The minimum absolute atomic E-state index is 0.0474. The summed E-state index contributed by atoms with van der Waals surface area (Å²) >= 11 is 0. The first-order chi connectivity index (χ1) is 10.7. The van der Waals surface area contributed by atoms with Crippen LogP contribution >= 0.6 is 20.9 Å². The molecule has 8 heteroatoms. The molecule has 0 aliphatic rings. The summed E-state index contributed by atoms with van der Waals surface area (Å²) < 4.78 is 5.15. The third-order valence-electron chi connectivity index (χ3n) is 2.72. The van der Waals surface area contributed by atoms with Gasteiger partial charge in [0.05, 0.1) is 10.6 Å². The van der Waals surface area contributed by atoms with Crippen molar-refractivity contribution in [3.8, 4) is 0 Å². The lowest BCUT2D eigenvalue weighted by Gasteiger charge is -2.17. The van der Waals surface area contributed by atoms with E-state index < -0.39 is 4.92 Å². The second kappa shape index (κ2) is 7.62. The molecule has 0 N–H and O–H groups in total. The molecule has 0 amide bonds. The molecule has 0 spiro atoms. The molecule has 2 aromatic rings. The third kappa shape index (κ3) is 3.86. The summed E-state index contributed by atoms with van der Waals surface area (Å²) in [6, 6.07) is 6.12. The van der Waals surface area contributed by atoms with E-state index in [0.29, 0.717) is 18.8 Å². The Hall–Kier alpha value is -2.32. The van der Waals surface area contributed by atoms with Gasteiger partial charge in [-0.15, -0.1) is 13.2 Å². The van der Waals surface area contributed by atoms with Crippen LogP contribution < -0.4 is 9.57 Å². The lowest BCUT2D eigenvalue weighted by atomic mass is 10.3. The minimum atomic E-state index is -0.431. The molecule has 114 valence electrons. The van der Waals surface area contributed by atoms with Crippen molar-refractivity contribution in [2.45, 2.75) is 0 Å². The number of non-ortho nitro benzene ring substituents is 1. The van der Waals surface area contributed by atoms with E-state index >= 15 is 0 Å². The van der Waals surface area contributed by atoms with Crippen LogP contribution in [-0.2, 0) is 0 Å². The number of benzene rings is 1. The first kappa shape index (κ1) is 16.1. The van der Waals surface area contributed by atoms with Crippen molar-refractivity contribution in [1.82, 2.24) is 4.37 Å². The fourth-order valence-corrected chi connectivity index (χ4v) is 3.45. The van der Waals surface area contributed by atoms with Gasteiger partial charge in [0.1, 0.15) is 0 Å². The van der Waals surface area contributed by atoms with Crippen LogP contribution in [0.4, 0.5) is 17.2 Å². The van der Waals surface area contributed by atoms with Crippen molar-refractivity contribution in [2.24, 2.45) is 4.99 Å². The summed E-state index contributed by atoms with van der Waals surface area (Å²) in [6.45, 7) is 8.77. The van der Waals surface area contributed by atoms with E-state index in [9.17, 15) is 10.1 Å². The highest BCUT2D eigenvalue weighted by Gasteiger charge is 2.10. The Morgan fingerprint density at radius 2 is 1.91 bits per heavy atom. The molecule has 2 rings (SSSR count). The van der Waals surface area contributed by atoms with Crippen molar-refractivity contribution in [1.29, 1.82) is 0 Å². The lowest BCUT2D eigenvalue weighted by molar-refractivity contribution is -0.384. The predicted octanol–water partition coefficient (Wildman–Crippen LogP) is 3.52. The van der Waals surface area contributed by atoms with Crippen LogP contribution in [0.25, 0.3) is 0 Å². The van der Waals surface area contributed by atoms with Crippen molar-refractivity contribution >= 4 is 38.1 Å². The molecule has 1 aromatic carbocycles. The Kier molecular flexibility index (Phi) is 5.56. The Bertz CT molecular complexity index is 724. The molecule has 0 bridgehead atoms. The topological polar surface area (TPSA) is 71.6 Å². The molecular formula is C14H14N4O2S2. The molecule has 0 saturated heterocycles. The standard InChI is InChI=1S/C14H14N4O2S2/c1-3-9-17(10-4-2)13-14(21-22-16-13)15-11-5-7-12(8-6-11)18(19)20/h3-8H,1-2,9-10H2. The SMILES string of the molecule is C=CCN(CC=C)c1nssc1=Nc1ccc([N+](=O)[O-])cc1. The quantitative estimate of drug-likeness (QED) is 0.336. The van der Waals surface area contributed by atoms with E-state index in [2.05, 4.69) is 22.5 Å². The minimum Gasteiger partial charge on any atom is -0.346 e. The number of nitro groups is 1. The Labute approximate surface area is 135 Å². The molecule has 0 radical (unpaired) electrons. The van der Waals surface area contributed by atoms with Gasteiger partial charge in [0, 0.05) is 35.8 Å². The van der Waals surface area contributed by atoms with E-state index in [1.165, 1.54) is 33.0 Å². The van der Waals surface area contributed by atoms with E-state index in [4.69, 9.17) is 0 Å². The summed E-state index contributed by atoms with van der Waals surface area (Å²) in [7, 11) is 2.81. The summed E-state index contributed by atoms with van der Waals surface area (Å²) in [4.78, 5) is 16.8. The average molecular weight is 334 g/mol. The smallest absolute Gasteiger partial charge is 0.269 e. The molecule has 22 heavy (non-hydrogen) atoms. The predicted molar refractivity (Wildman–Crippen MR) is 90.9 cm³/mol. The first-order valence-corrected chi connectivity index (χ1v) is 8.48. The van der Waals surface area contributed by atoms with E-state index in [1.807, 2.05) is 4.90 Å².